The van der Waals surface area contributed by atoms with Crippen LogP contribution >= 0.6 is 0 Å². The number of rotatable bonds is 4. The van der Waals surface area contributed by atoms with Crippen LogP contribution in [0.2, 0.25) is 0 Å². The van der Waals surface area contributed by atoms with E-state index in [9.17, 15) is 14.9 Å². The highest BCUT2D eigenvalue weighted by Crippen LogP contribution is 2.32. The fourth-order valence-electron chi connectivity index (χ4n) is 2.84. The van der Waals surface area contributed by atoms with Crippen molar-refractivity contribution < 1.29 is 9.59 Å². The lowest BCUT2D eigenvalue weighted by Gasteiger charge is -2.30. The van der Waals surface area contributed by atoms with Gasteiger partial charge in [0.25, 0.3) is 5.91 Å². The Kier molecular flexibility index (Phi) is 4.87. The molecule has 0 saturated carbocycles. The number of pyridine rings is 1. The zero-order valence-corrected chi connectivity index (χ0v) is 15.5. The van der Waals surface area contributed by atoms with Crippen molar-refractivity contribution in [3.8, 4) is 6.07 Å². The van der Waals surface area contributed by atoms with Crippen LogP contribution in [0.15, 0.2) is 53.7 Å². The Morgan fingerprint density at radius 1 is 1.22 bits per heavy atom. The largest absolute Gasteiger partial charge is 0.275 e. The number of carbonyl (C=O) groups excluding carboxylic acids is 2. The lowest BCUT2D eigenvalue weighted by Crippen LogP contribution is -2.46. The molecule has 0 radical (unpaired) electrons. The molecule has 1 unspecified atom stereocenters. The molecule has 1 aromatic heterocycles. The first-order chi connectivity index (χ1) is 12.9. The number of carbonyl (C=O) groups is 2. The Balaban J connectivity index is 2.10. The Hall–Kier alpha value is -3.33. The van der Waals surface area contributed by atoms with E-state index in [0.717, 1.165) is 4.90 Å². The van der Waals surface area contributed by atoms with E-state index >= 15 is 0 Å². The van der Waals surface area contributed by atoms with E-state index in [4.69, 9.17) is 0 Å². The molecule has 3 rings (SSSR count). The maximum atomic E-state index is 13.2. The Labute approximate surface area is 158 Å². The fraction of sp³-hybridized carbons (Fsp3) is 0.286. The molecular formula is C21H20N4O2. The summed E-state index contributed by atoms with van der Waals surface area (Å²) in [5.41, 5.74) is 0.0712. The minimum Gasteiger partial charge on any atom is -0.275 e. The first kappa shape index (κ1) is 18.5. The van der Waals surface area contributed by atoms with E-state index in [2.05, 4.69) is 16.0 Å². The Morgan fingerprint density at radius 2 is 1.93 bits per heavy atom. The van der Waals surface area contributed by atoms with Gasteiger partial charge in [-0.3, -0.25) is 14.6 Å². The van der Waals surface area contributed by atoms with E-state index in [1.807, 2.05) is 13.8 Å². The van der Waals surface area contributed by atoms with E-state index < -0.39 is 23.3 Å². The summed E-state index contributed by atoms with van der Waals surface area (Å²) in [6.45, 7) is 5.54. The predicted octanol–water partition coefficient (Wildman–Crippen LogP) is 3.36. The fourth-order valence-corrected chi connectivity index (χ4v) is 2.84. The van der Waals surface area contributed by atoms with Gasteiger partial charge in [-0.25, -0.2) is 9.88 Å². The number of amides is 2. The molecular weight excluding hydrogens is 340 g/mol. The van der Waals surface area contributed by atoms with Crippen molar-refractivity contribution in [1.29, 1.82) is 5.26 Å². The number of fused-ring (bicyclic) bond motifs is 1. The Morgan fingerprint density at radius 3 is 2.56 bits per heavy atom. The van der Waals surface area contributed by atoms with E-state index in [1.165, 1.54) is 12.4 Å². The number of nitrogens with zero attached hydrogens (tertiary/aromatic N) is 4. The normalized spacial score (nSPS) is 19.1. The summed E-state index contributed by atoms with van der Waals surface area (Å²) < 4.78 is 0. The van der Waals surface area contributed by atoms with Gasteiger partial charge in [0, 0.05) is 18.0 Å². The zero-order valence-electron chi connectivity index (χ0n) is 15.5. The number of aliphatic imine (C=N–C) groups is 1. The number of nitriles is 1. The summed E-state index contributed by atoms with van der Waals surface area (Å²) in [5, 5.41) is 9.50. The minimum absolute atomic E-state index is 0.0267. The highest BCUT2D eigenvalue weighted by atomic mass is 16.2. The third kappa shape index (κ3) is 3.24. The summed E-state index contributed by atoms with van der Waals surface area (Å²) in [6.07, 6.45) is 3.03. The third-order valence-electron chi connectivity index (χ3n) is 4.94. The molecule has 1 aliphatic rings. The van der Waals surface area contributed by atoms with Gasteiger partial charge in [-0.15, -0.1) is 0 Å². The molecule has 1 aliphatic heterocycles. The molecule has 1 aromatic carbocycles. The molecule has 0 saturated heterocycles. The molecule has 0 spiro atoms. The third-order valence-corrected chi connectivity index (χ3v) is 4.94. The van der Waals surface area contributed by atoms with E-state index in [1.54, 1.807) is 49.4 Å². The van der Waals surface area contributed by atoms with Crippen LogP contribution in [0.25, 0.3) is 0 Å². The molecule has 2 aromatic rings. The van der Waals surface area contributed by atoms with E-state index in [0.29, 0.717) is 11.1 Å². The number of aromatic nitrogens is 1. The topological polar surface area (TPSA) is 86.4 Å². The summed E-state index contributed by atoms with van der Waals surface area (Å²) in [5.74, 6) is -1.35. The lowest BCUT2D eigenvalue weighted by atomic mass is 9.87. The van der Waals surface area contributed by atoms with Gasteiger partial charge in [0.1, 0.15) is 11.4 Å². The molecule has 136 valence electrons. The van der Waals surface area contributed by atoms with Gasteiger partial charge < -0.3 is 0 Å². The summed E-state index contributed by atoms with van der Waals surface area (Å²) >= 11 is 0. The summed E-state index contributed by atoms with van der Waals surface area (Å²) in [4.78, 5) is 35.7. The van der Waals surface area contributed by atoms with Gasteiger partial charge in [0.05, 0.1) is 12.0 Å². The van der Waals surface area contributed by atoms with Gasteiger partial charge >= 0.3 is 0 Å². The second kappa shape index (κ2) is 7.12. The molecule has 27 heavy (non-hydrogen) atoms. The second-order valence-corrected chi connectivity index (χ2v) is 6.92. The second-order valence-electron chi connectivity index (χ2n) is 6.92. The van der Waals surface area contributed by atoms with Gasteiger partial charge in [-0.2, -0.15) is 5.26 Å². The monoisotopic (exact) mass is 360 g/mol. The van der Waals surface area contributed by atoms with Crippen molar-refractivity contribution >= 4 is 23.8 Å². The highest BCUT2D eigenvalue weighted by Gasteiger charge is 2.40. The molecule has 0 fully saturated rings. The molecule has 0 bridgehead atoms. The van der Waals surface area contributed by atoms with Crippen LogP contribution in [-0.4, -0.2) is 28.6 Å². The lowest BCUT2D eigenvalue weighted by molar-refractivity contribution is -0.118. The van der Waals surface area contributed by atoms with Gasteiger partial charge in [-0.05, 0) is 36.6 Å². The maximum Gasteiger partial charge on any atom is 0.266 e. The first-order valence-corrected chi connectivity index (χ1v) is 8.74. The molecule has 2 atom stereocenters. The highest BCUT2D eigenvalue weighted by molar-refractivity contribution is 6.28. The van der Waals surface area contributed by atoms with E-state index in [-0.39, 0.29) is 11.7 Å². The molecule has 6 heteroatoms. The Bertz CT molecular complexity index is 946. The van der Waals surface area contributed by atoms with Crippen LogP contribution in [0, 0.1) is 17.2 Å². The quantitative estimate of drug-likeness (QED) is 0.618. The molecule has 0 aliphatic carbocycles. The van der Waals surface area contributed by atoms with Crippen LogP contribution in [-0.2, 0) is 4.79 Å². The standard InChI is InChI=1S/C21H20N4O2/c1-14(2)21(3,13-22)24-12-17-15-8-4-5-9-16(15)19(26)25(20(17)27)18-10-6-7-11-23-18/h4-12,14,17H,1-3H3/t17?,21-/m0/s1. The van der Waals surface area contributed by atoms with Crippen molar-refractivity contribution in [2.24, 2.45) is 10.9 Å². The predicted molar refractivity (Wildman–Crippen MR) is 103 cm³/mol. The van der Waals surface area contributed by atoms with Gasteiger partial charge in [-0.1, -0.05) is 38.1 Å². The van der Waals surface area contributed by atoms with Crippen molar-refractivity contribution in [3.05, 3.63) is 59.8 Å². The molecule has 2 amide bonds. The zero-order chi connectivity index (χ0) is 19.6. The number of hydrogen-bond acceptors (Lipinski definition) is 5. The molecule has 2 heterocycles. The van der Waals surface area contributed by atoms with Gasteiger partial charge in [0.15, 0.2) is 0 Å². The van der Waals surface area contributed by atoms with Crippen molar-refractivity contribution in [1.82, 2.24) is 4.98 Å². The SMILES string of the molecule is CC(C)[C@](C)(C#N)N=CC1C(=O)N(c2ccccn2)C(=O)c2ccccc21. The maximum absolute atomic E-state index is 13.2. The molecule has 6 nitrogen and oxygen atoms in total. The molecule has 0 N–H and O–H groups in total. The summed E-state index contributed by atoms with van der Waals surface area (Å²) in [6, 6.07) is 14.2. The minimum atomic E-state index is -0.952. The average molecular weight is 360 g/mol. The number of imide groups is 1. The number of benzene rings is 1. The van der Waals surface area contributed by atoms with Crippen LogP contribution in [0.5, 0.6) is 0 Å². The first-order valence-electron chi connectivity index (χ1n) is 8.74. The smallest absolute Gasteiger partial charge is 0.266 e. The van der Waals surface area contributed by atoms with Crippen LogP contribution in [0.4, 0.5) is 5.82 Å². The number of hydrogen-bond donors (Lipinski definition) is 0. The van der Waals surface area contributed by atoms with Crippen molar-refractivity contribution in [2.75, 3.05) is 4.90 Å². The summed E-state index contributed by atoms with van der Waals surface area (Å²) in [7, 11) is 0. The van der Waals surface area contributed by atoms with Crippen LogP contribution in [0.1, 0.15) is 42.6 Å². The van der Waals surface area contributed by atoms with Crippen LogP contribution in [0.3, 0.4) is 0 Å². The number of anilines is 1. The van der Waals surface area contributed by atoms with Crippen molar-refractivity contribution in [3.63, 3.8) is 0 Å². The van der Waals surface area contributed by atoms with Crippen LogP contribution < -0.4 is 4.90 Å². The average Bonchev–Trinajstić information content (AvgIpc) is 2.68. The van der Waals surface area contributed by atoms with Crippen molar-refractivity contribution in [2.45, 2.75) is 32.2 Å². The van der Waals surface area contributed by atoms with Gasteiger partial charge in [0.2, 0.25) is 5.91 Å².